The molecule has 0 fully saturated rings. The van der Waals surface area contributed by atoms with Gasteiger partial charge in [0.1, 0.15) is 0 Å². The van der Waals surface area contributed by atoms with Crippen LogP contribution in [0.15, 0.2) is 76.5 Å². The van der Waals surface area contributed by atoms with E-state index in [1.165, 1.54) is 12.1 Å². The van der Waals surface area contributed by atoms with Crippen molar-refractivity contribution >= 4 is 34.8 Å². The molecular weight excluding hydrogens is 410 g/mol. The zero-order valence-corrected chi connectivity index (χ0v) is 16.0. The first-order chi connectivity index (χ1) is 14.4. The van der Waals surface area contributed by atoms with Crippen molar-refractivity contribution in [3.63, 3.8) is 0 Å². The molecule has 30 heavy (non-hydrogen) atoms. The number of nitro benzene ring substituents is 2. The van der Waals surface area contributed by atoms with Gasteiger partial charge >= 0.3 is 5.97 Å². The molecule has 4 rings (SSSR count). The van der Waals surface area contributed by atoms with Gasteiger partial charge in [-0.1, -0.05) is 42.1 Å². The van der Waals surface area contributed by atoms with Crippen LogP contribution in [0.3, 0.4) is 0 Å². The molecule has 0 aromatic heterocycles. The van der Waals surface area contributed by atoms with E-state index in [0.717, 1.165) is 17.8 Å². The molecule has 3 aromatic carbocycles. The van der Waals surface area contributed by atoms with Gasteiger partial charge in [-0.25, -0.2) is 4.79 Å². The summed E-state index contributed by atoms with van der Waals surface area (Å²) in [5.41, 5.74) is 1.06. The number of carbonyl (C=O) groups excluding carboxylic acids is 1. The largest absolute Gasteiger partial charge is 0.434 e. The van der Waals surface area contributed by atoms with Gasteiger partial charge in [0.05, 0.1) is 32.1 Å². The van der Waals surface area contributed by atoms with E-state index in [1.807, 2.05) is 0 Å². The van der Waals surface area contributed by atoms with Crippen LogP contribution >= 0.6 is 11.8 Å². The monoisotopic (exact) mass is 423 g/mol. The Morgan fingerprint density at radius 3 is 2.40 bits per heavy atom. The second kappa shape index (κ2) is 7.84. The predicted octanol–water partition coefficient (Wildman–Crippen LogP) is 4.94. The van der Waals surface area contributed by atoms with Crippen LogP contribution in [0.2, 0.25) is 0 Å². The lowest BCUT2D eigenvalue weighted by Crippen LogP contribution is -2.10. The molecule has 1 atom stereocenters. The van der Waals surface area contributed by atoms with Gasteiger partial charge < -0.3 is 10.1 Å². The first kappa shape index (κ1) is 19.4. The minimum absolute atomic E-state index is 0.253. The number of non-ortho nitro benzene ring substituents is 1. The van der Waals surface area contributed by atoms with Gasteiger partial charge in [0.2, 0.25) is 6.23 Å². The summed E-state index contributed by atoms with van der Waals surface area (Å²) in [7, 11) is 0. The Kier molecular flexibility index (Phi) is 5.07. The summed E-state index contributed by atoms with van der Waals surface area (Å²) in [4.78, 5) is 34.0. The number of hydrogen-bond acceptors (Lipinski definition) is 8. The van der Waals surface area contributed by atoms with Gasteiger partial charge in [-0.05, 0) is 24.3 Å². The third-order valence-electron chi connectivity index (χ3n) is 4.43. The van der Waals surface area contributed by atoms with Crippen LogP contribution < -0.4 is 5.32 Å². The van der Waals surface area contributed by atoms with E-state index in [9.17, 15) is 25.0 Å². The van der Waals surface area contributed by atoms with E-state index in [0.29, 0.717) is 21.7 Å². The molecule has 1 aliphatic heterocycles. The first-order valence-corrected chi connectivity index (χ1v) is 9.52. The summed E-state index contributed by atoms with van der Waals surface area (Å²) < 4.78 is 5.40. The van der Waals surface area contributed by atoms with E-state index in [2.05, 4.69) is 5.32 Å². The molecule has 0 bridgehead atoms. The number of benzene rings is 3. The Labute approximate surface area is 174 Å². The molecule has 150 valence electrons. The van der Waals surface area contributed by atoms with Crippen LogP contribution in [0.5, 0.6) is 0 Å². The summed E-state index contributed by atoms with van der Waals surface area (Å²) in [6.45, 7) is 0. The number of carbonyl (C=O) groups is 1. The fourth-order valence-corrected chi connectivity index (χ4v) is 4.03. The molecule has 0 aliphatic carbocycles. The molecule has 0 radical (unpaired) electrons. The summed E-state index contributed by atoms with van der Waals surface area (Å²) in [5.74, 6) is -0.431. The van der Waals surface area contributed by atoms with Gasteiger partial charge in [0.25, 0.3) is 11.4 Å². The maximum Gasteiger partial charge on any atom is 0.340 e. The minimum Gasteiger partial charge on any atom is -0.434 e. The lowest BCUT2D eigenvalue weighted by Gasteiger charge is -2.17. The fourth-order valence-electron chi connectivity index (χ4n) is 3.04. The van der Waals surface area contributed by atoms with Crippen LogP contribution in [-0.4, -0.2) is 15.8 Å². The number of nitrogens with one attached hydrogen (secondary N) is 1. The van der Waals surface area contributed by atoms with E-state index < -0.39 is 22.0 Å². The number of cyclic esters (lactones) is 1. The van der Waals surface area contributed by atoms with Crippen molar-refractivity contribution in [2.75, 3.05) is 5.32 Å². The number of anilines is 1. The van der Waals surface area contributed by atoms with Gasteiger partial charge in [-0.3, -0.25) is 20.2 Å². The highest BCUT2D eigenvalue weighted by Gasteiger charge is 2.31. The fraction of sp³-hybridized carbons (Fsp3) is 0.0500. The number of esters is 1. The molecule has 1 heterocycles. The lowest BCUT2D eigenvalue weighted by atomic mass is 10.1. The molecule has 0 saturated carbocycles. The Morgan fingerprint density at radius 1 is 0.900 bits per heavy atom. The average Bonchev–Trinajstić information content (AvgIpc) is 3.05. The molecule has 1 N–H and O–H groups in total. The molecule has 3 aromatic rings. The molecule has 10 heteroatoms. The average molecular weight is 423 g/mol. The number of nitrogens with zero attached hydrogens (tertiary/aromatic N) is 2. The van der Waals surface area contributed by atoms with Crippen molar-refractivity contribution < 1.29 is 19.4 Å². The first-order valence-electron chi connectivity index (χ1n) is 8.70. The zero-order valence-electron chi connectivity index (χ0n) is 15.2. The third-order valence-corrected chi connectivity index (χ3v) is 5.57. The Balaban J connectivity index is 1.65. The Hall–Kier alpha value is -3.92. The second-order valence-corrected chi connectivity index (χ2v) is 7.37. The molecule has 9 nitrogen and oxygen atoms in total. The van der Waals surface area contributed by atoms with Crippen LogP contribution in [0.25, 0.3) is 0 Å². The van der Waals surface area contributed by atoms with Crippen LogP contribution in [0, 0.1) is 20.2 Å². The van der Waals surface area contributed by atoms with Crippen molar-refractivity contribution in [3.8, 4) is 0 Å². The highest BCUT2D eigenvalue weighted by atomic mass is 32.2. The van der Waals surface area contributed by atoms with Gasteiger partial charge in [0.15, 0.2) is 0 Å². The predicted molar refractivity (Wildman–Crippen MR) is 109 cm³/mol. The molecule has 0 saturated heterocycles. The van der Waals surface area contributed by atoms with Crippen molar-refractivity contribution in [1.82, 2.24) is 0 Å². The van der Waals surface area contributed by atoms with Crippen molar-refractivity contribution in [1.29, 1.82) is 0 Å². The summed E-state index contributed by atoms with van der Waals surface area (Å²) >= 11 is 1.09. The normalized spacial score (nSPS) is 14.7. The smallest absolute Gasteiger partial charge is 0.340 e. The summed E-state index contributed by atoms with van der Waals surface area (Å²) in [6, 6.07) is 17.6. The molecule has 0 unspecified atom stereocenters. The molecule has 1 aliphatic rings. The number of hydrogen-bond donors (Lipinski definition) is 1. The minimum atomic E-state index is -0.692. The Bertz CT molecular complexity index is 1180. The molecular formula is C20H13N3O6S. The van der Waals surface area contributed by atoms with E-state index >= 15 is 0 Å². The number of para-hydroxylation sites is 1. The van der Waals surface area contributed by atoms with Gasteiger partial charge in [0, 0.05) is 16.5 Å². The number of ether oxygens (including phenoxy) is 1. The maximum absolute atomic E-state index is 12.1. The number of rotatable bonds is 6. The standard InChI is InChI=1S/C20H13N3O6S/c24-20-14-6-2-1-5-13(14)19(29-20)21-15-7-3-4-8-17(15)30-18-10-9-12(22(25)26)11-16(18)23(27)28/h1-11,19,21H/t19-/m0/s1. The summed E-state index contributed by atoms with van der Waals surface area (Å²) in [5, 5.41) is 25.5. The van der Waals surface area contributed by atoms with Gasteiger partial charge in [-0.15, -0.1) is 0 Å². The zero-order chi connectivity index (χ0) is 21.3. The topological polar surface area (TPSA) is 125 Å². The van der Waals surface area contributed by atoms with Crippen molar-refractivity contribution in [2.45, 2.75) is 16.0 Å². The van der Waals surface area contributed by atoms with Crippen molar-refractivity contribution in [3.05, 3.63) is 98.1 Å². The number of fused-ring (bicyclic) bond motifs is 1. The summed E-state index contributed by atoms with van der Waals surface area (Å²) in [6.07, 6.45) is -0.692. The van der Waals surface area contributed by atoms with E-state index in [-0.39, 0.29) is 16.3 Å². The van der Waals surface area contributed by atoms with Crippen LogP contribution in [-0.2, 0) is 4.74 Å². The quantitative estimate of drug-likeness (QED) is 0.336. The number of nitro groups is 2. The van der Waals surface area contributed by atoms with Crippen molar-refractivity contribution in [2.24, 2.45) is 0 Å². The van der Waals surface area contributed by atoms with E-state index in [4.69, 9.17) is 4.74 Å². The lowest BCUT2D eigenvalue weighted by molar-refractivity contribution is -0.396. The highest BCUT2D eigenvalue weighted by Crippen LogP contribution is 2.41. The van der Waals surface area contributed by atoms with Crippen LogP contribution in [0.4, 0.5) is 17.1 Å². The second-order valence-electron chi connectivity index (χ2n) is 6.28. The SMILES string of the molecule is O=C1O[C@H](Nc2ccccc2Sc2ccc([N+](=O)[O-])cc2[N+](=O)[O-])c2ccccc21. The highest BCUT2D eigenvalue weighted by molar-refractivity contribution is 7.99. The maximum atomic E-state index is 12.1. The Morgan fingerprint density at radius 2 is 1.63 bits per heavy atom. The molecule has 0 spiro atoms. The third kappa shape index (κ3) is 3.67. The van der Waals surface area contributed by atoms with E-state index in [1.54, 1.807) is 48.5 Å². The van der Waals surface area contributed by atoms with Gasteiger partial charge in [-0.2, -0.15) is 0 Å². The van der Waals surface area contributed by atoms with Crippen LogP contribution in [0.1, 0.15) is 22.1 Å². The molecule has 0 amide bonds.